The number of aromatic nitrogens is 2. The van der Waals surface area contributed by atoms with E-state index in [0.29, 0.717) is 23.5 Å². The lowest BCUT2D eigenvalue weighted by atomic mass is 9.96. The number of nitrogens with zero attached hydrogens (tertiary/aromatic N) is 4. The van der Waals surface area contributed by atoms with Gasteiger partial charge in [0.15, 0.2) is 5.96 Å². The van der Waals surface area contributed by atoms with Gasteiger partial charge in [-0.05, 0) is 76.4 Å². The normalized spacial score (nSPS) is 17.2. The first kappa shape index (κ1) is 27.2. The van der Waals surface area contributed by atoms with E-state index in [1.54, 1.807) is 4.68 Å². The van der Waals surface area contributed by atoms with E-state index in [2.05, 4.69) is 116 Å². The number of aliphatic imine (C=N–C) groups is 1. The molecule has 0 aliphatic carbocycles. The first-order valence-electron chi connectivity index (χ1n) is 12.5. The Morgan fingerprint density at radius 3 is 2.36 bits per heavy atom. The third-order valence-corrected chi connectivity index (χ3v) is 8.86. The van der Waals surface area contributed by atoms with Crippen LogP contribution >= 0.6 is 43.5 Å². The second-order valence-electron chi connectivity index (χ2n) is 9.93. The van der Waals surface area contributed by atoms with Crippen LogP contribution in [0, 0.1) is 5.92 Å². The predicted molar refractivity (Wildman–Crippen MR) is 157 cm³/mol. The summed E-state index contributed by atoms with van der Waals surface area (Å²) in [7, 11) is 1.84. The zero-order valence-electron chi connectivity index (χ0n) is 21.3. The minimum atomic E-state index is 0.121. The van der Waals surface area contributed by atoms with E-state index in [1.165, 1.54) is 16.7 Å². The summed E-state index contributed by atoms with van der Waals surface area (Å²) in [5.74, 6) is 2.07. The van der Waals surface area contributed by atoms with Crippen LogP contribution in [0.4, 0.5) is 0 Å². The van der Waals surface area contributed by atoms with Crippen molar-refractivity contribution in [1.82, 2.24) is 20.0 Å². The van der Waals surface area contributed by atoms with Crippen LogP contribution in [0.15, 0.2) is 62.5 Å². The molecule has 0 saturated carbocycles. The van der Waals surface area contributed by atoms with Gasteiger partial charge in [0.2, 0.25) is 0 Å². The minimum Gasteiger partial charge on any atom is -0.350 e. The molecule has 1 fully saturated rings. The highest BCUT2D eigenvalue weighted by Crippen LogP contribution is 2.27. The number of likely N-dealkylation sites (tertiary alicyclic amines) is 1. The topological polar surface area (TPSA) is 45.5 Å². The lowest BCUT2D eigenvalue weighted by Crippen LogP contribution is -2.41. The molecular formula is C28H34Br2ClN5. The number of aryl methyl sites for hydroxylation is 1. The van der Waals surface area contributed by atoms with Crippen molar-refractivity contribution in [3.05, 3.63) is 85.0 Å². The molecule has 2 aromatic carbocycles. The van der Waals surface area contributed by atoms with E-state index in [-0.39, 0.29) is 6.04 Å². The Kier molecular flexibility index (Phi) is 9.18. The lowest BCUT2D eigenvalue weighted by Gasteiger charge is -2.26. The Morgan fingerprint density at radius 2 is 1.75 bits per heavy atom. The van der Waals surface area contributed by atoms with E-state index >= 15 is 0 Å². The molecule has 3 aromatic rings. The molecule has 1 saturated heterocycles. The fourth-order valence-corrected chi connectivity index (χ4v) is 5.48. The van der Waals surface area contributed by atoms with Gasteiger partial charge in [0.25, 0.3) is 0 Å². The van der Waals surface area contributed by atoms with Gasteiger partial charge in [0, 0.05) is 24.6 Å². The SMILES string of the molecule is CC(C)c1ccc(CC2CCN(C(=NCc3nn(C)c(Cl)c3Br)NC(C)c3ccc(Br)cc3)C2)cc1. The van der Waals surface area contributed by atoms with E-state index in [0.717, 1.165) is 46.5 Å². The number of hydrogen-bond donors (Lipinski definition) is 1. The molecular weight excluding hydrogens is 602 g/mol. The summed E-state index contributed by atoms with van der Waals surface area (Å²) >= 11 is 13.4. The number of benzene rings is 2. The first-order chi connectivity index (χ1) is 17.2. The van der Waals surface area contributed by atoms with Gasteiger partial charge in [-0.1, -0.05) is 77.8 Å². The highest BCUT2D eigenvalue weighted by atomic mass is 79.9. The van der Waals surface area contributed by atoms with Crippen molar-refractivity contribution in [3.63, 3.8) is 0 Å². The zero-order valence-corrected chi connectivity index (χ0v) is 25.2. The highest BCUT2D eigenvalue weighted by Gasteiger charge is 2.26. The van der Waals surface area contributed by atoms with Gasteiger partial charge in [0.1, 0.15) is 5.15 Å². The number of rotatable bonds is 7. The predicted octanol–water partition coefficient (Wildman–Crippen LogP) is 7.49. The highest BCUT2D eigenvalue weighted by molar-refractivity contribution is 9.10. The Morgan fingerprint density at radius 1 is 1.08 bits per heavy atom. The molecule has 4 rings (SSSR count). The second kappa shape index (κ2) is 12.1. The maximum atomic E-state index is 6.32. The zero-order chi connectivity index (χ0) is 25.8. The molecule has 36 heavy (non-hydrogen) atoms. The first-order valence-corrected chi connectivity index (χ1v) is 14.4. The molecule has 2 heterocycles. The van der Waals surface area contributed by atoms with Crippen molar-refractivity contribution in [2.45, 2.75) is 52.1 Å². The molecule has 192 valence electrons. The third-order valence-electron chi connectivity index (χ3n) is 6.84. The summed E-state index contributed by atoms with van der Waals surface area (Å²) in [5.41, 5.74) is 4.86. The van der Waals surface area contributed by atoms with Gasteiger partial charge in [-0.25, -0.2) is 4.99 Å². The number of guanidine groups is 1. The van der Waals surface area contributed by atoms with Crippen molar-refractivity contribution in [2.24, 2.45) is 18.0 Å². The largest absolute Gasteiger partial charge is 0.350 e. The van der Waals surface area contributed by atoms with Crippen LogP contribution in [0.3, 0.4) is 0 Å². The Bertz CT molecular complexity index is 1190. The maximum Gasteiger partial charge on any atom is 0.194 e. The van der Waals surface area contributed by atoms with Crippen molar-refractivity contribution in [2.75, 3.05) is 13.1 Å². The van der Waals surface area contributed by atoms with E-state index < -0.39 is 0 Å². The van der Waals surface area contributed by atoms with Crippen molar-refractivity contribution in [1.29, 1.82) is 0 Å². The van der Waals surface area contributed by atoms with Gasteiger partial charge < -0.3 is 10.2 Å². The van der Waals surface area contributed by atoms with Gasteiger partial charge in [-0.15, -0.1) is 0 Å². The summed E-state index contributed by atoms with van der Waals surface area (Å²) in [4.78, 5) is 7.39. The number of hydrogen-bond acceptors (Lipinski definition) is 2. The smallest absolute Gasteiger partial charge is 0.194 e. The molecule has 1 aromatic heterocycles. The van der Waals surface area contributed by atoms with Crippen LogP contribution in [0.5, 0.6) is 0 Å². The van der Waals surface area contributed by atoms with E-state index in [4.69, 9.17) is 16.6 Å². The van der Waals surface area contributed by atoms with Gasteiger partial charge in [-0.3, -0.25) is 4.68 Å². The molecule has 2 atom stereocenters. The third kappa shape index (κ3) is 6.73. The van der Waals surface area contributed by atoms with E-state index in [9.17, 15) is 0 Å². The van der Waals surface area contributed by atoms with Gasteiger partial charge >= 0.3 is 0 Å². The molecule has 5 nitrogen and oxygen atoms in total. The molecule has 0 spiro atoms. The molecule has 1 N–H and O–H groups in total. The Hall–Kier alpha value is -1.83. The molecule has 0 radical (unpaired) electrons. The summed E-state index contributed by atoms with van der Waals surface area (Å²) < 4.78 is 3.55. The van der Waals surface area contributed by atoms with Gasteiger partial charge in [-0.2, -0.15) is 5.10 Å². The van der Waals surface area contributed by atoms with Crippen LogP contribution in [0.25, 0.3) is 0 Å². The number of halogens is 3. The van der Waals surface area contributed by atoms with Crippen LogP contribution in [0.1, 0.15) is 61.5 Å². The quantitative estimate of drug-likeness (QED) is 0.216. The summed E-state index contributed by atoms with van der Waals surface area (Å²) in [6.07, 6.45) is 2.24. The summed E-state index contributed by atoms with van der Waals surface area (Å²) in [6.45, 7) is 9.08. The van der Waals surface area contributed by atoms with Crippen molar-refractivity contribution < 1.29 is 0 Å². The minimum absolute atomic E-state index is 0.121. The monoisotopic (exact) mass is 633 g/mol. The second-order valence-corrected chi connectivity index (χ2v) is 12.0. The average molecular weight is 636 g/mol. The molecule has 0 amide bonds. The summed E-state index contributed by atoms with van der Waals surface area (Å²) in [6, 6.07) is 17.7. The van der Waals surface area contributed by atoms with Crippen molar-refractivity contribution in [3.8, 4) is 0 Å². The molecule has 8 heteroatoms. The molecule has 1 aliphatic rings. The van der Waals surface area contributed by atoms with Gasteiger partial charge in [0.05, 0.1) is 22.8 Å². The fourth-order valence-electron chi connectivity index (χ4n) is 4.61. The lowest BCUT2D eigenvalue weighted by molar-refractivity contribution is 0.450. The number of nitrogens with one attached hydrogen (secondary N) is 1. The fraction of sp³-hybridized carbons (Fsp3) is 0.429. The van der Waals surface area contributed by atoms with Crippen LogP contribution in [0.2, 0.25) is 5.15 Å². The average Bonchev–Trinajstić information content (AvgIpc) is 3.42. The van der Waals surface area contributed by atoms with Crippen LogP contribution in [-0.2, 0) is 20.0 Å². The standard InChI is InChI=1S/C28H34Br2ClN5/c1-18(2)22-7-5-20(6-8-22)15-21-13-14-36(17-21)28(32-16-25-26(30)27(31)35(4)34-25)33-19(3)23-9-11-24(29)12-10-23/h5-12,18-19,21H,13-17H2,1-4H3,(H,32,33). The van der Waals surface area contributed by atoms with Crippen LogP contribution < -0.4 is 5.32 Å². The Labute approximate surface area is 236 Å². The van der Waals surface area contributed by atoms with E-state index in [1.807, 2.05) is 7.05 Å². The molecule has 1 aliphatic heterocycles. The summed E-state index contributed by atoms with van der Waals surface area (Å²) in [5, 5.41) is 8.80. The molecule has 0 bridgehead atoms. The maximum absolute atomic E-state index is 6.32. The Balaban J connectivity index is 1.49. The van der Waals surface area contributed by atoms with Crippen molar-refractivity contribution >= 4 is 49.4 Å². The van der Waals surface area contributed by atoms with Crippen LogP contribution in [-0.4, -0.2) is 33.7 Å². The molecule has 2 unspecified atom stereocenters.